The summed E-state index contributed by atoms with van der Waals surface area (Å²) in [6.45, 7) is 0.974. The zero-order valence-electron chi connectivity index (χ0n) is 7.10. The monoisotopic (exact) mass is 169 g/mol. The summed E-state index contributed by atoms with van der Waals surface area (Å²) >= 11 is 0. The summed E-state index contributed by atoms with van der Waals surface area (Å²) < 4.78 is 4.97. The highest BCUT2D eigenvalue weighted by atomic mass is 28.2. The highest BCUT2D eigenvalue weighted by Crippen LogP contribution is 2.14. The maximum absolute atomic E-state index is 4.97. The van der Waals surface area contributed by atoms with Crippen molar-refractivity contribution in [2.45, 2.75) is 31.7 Å². The highest BCUT2D eigenvalue weighted by Gasteiger charge is 2.06. The fraction of sp³-hybridized carbons (Fsp3) is 0.875. The second-order valence-corrected chi connectivity index (χ2v) is 3.95. The number of rotatable bonds is 4. The van der Waals surface area contributed by atoms with Crippen molar-refractivity contribution in [1.82, 2.24) is 0 Å². The molecule has 1 saturated carbocycles. The largest absolute Gasteiger partial charge is 0.421 e. The van der Waals surface area contributed by atoms with E-state index in [4.69, 9.17) is 4.43 Å². The molecule has 0 heterocycles. The van der Waals surface area contributed by atoms with E-state index in [-0.39, 0.29) is 0 Å². The van der Waals surface area contributed by atoms with Crippen LogP contribution in [0, 0.1) is 0 Å². The number of nitrogens with zero attached hydrogens (tertiary/aromatic N) is 1. The molecule has 0 spiro atoms. The Hall–Kier alpha value is -0.153. The smallest absolute Gasteiger partial charge is 0.230 e. The molecule has 2 radical (unpaired) electrons. The molecule has 0 amide bonds. The topological polar surface area (TPSA) is 21.6 Å². The molecule has 2 nitrogen and oxygen atoms in total. The summed E-state index contributed by atoms with van der Waals surface area (Å²) in [6, 6.07) is 1.10. The van der Waals surface area contributed by atoms with Crippen LogP contribution in [-0.4, -0.2) is 29.1 Å². The van der Waals surface area contributed by atoms with Gasteiger partial charge in [0.15, 0.2) is 0 Å². The van der Waals surface area contributed by atoms with Crippen LogP contribution in [0.2, 0.25) is 6.04 Å². The van der Waals surface area contributed by atoms with Crippen molar-refractivity contribution in [3.05, 3.63) is 0 Å². The predicted octanol–water partition coefficient (Wildman–Crippen LogP) is 1.69. The first kappa shape index (κ1) is 8.94. The highest BCUT2D eigenvalue weighted by molar-refractivity contribution is 6.27. The standard InChI is InChI=1S/C8H15NOSi/c1-10-11-7-6-9-8-4-2-3-5-8/h2-7H2,1H3. The van der Waals surface area contributed by atoms with Gasteiger partial charge in [0, 0.05) is 19.4 Å². The van der Waals surface area contributed by atoms with Gasteiger partial charge in [0.05, 0.1) is 0 Å². The fourth-order valence-corrected chi connectivity index (χ4v) is 1.71. The molecule has 0 N–H and O–H groups in total. The molecule has 0 bridgehead atoms. The van der Waals surface area contributed by atoms with Gasteiger partial charge in [0.2, 0.25) is 9.76 Å². The zero-order valence-corrected chi connectivity index (χ0v) is 8.10. The molecule has 1 aliphatic carbocycles. The SMILES string of the molecule is CO[Si]CCN=C1CCCC1. The summed E-state index contributed by atoms with van der Waals surface area (Å²) in [4.78, 5) is 4.50. The Morgan fingerprint density at radius 1 is 1.45 bits per heavy atom. The van der Waals surface area contributed by atoms with Gasteiger partial charge >= 0.3 is 0 Å². The van der Waals surface area contributed by atoms with Crippen LogP contribution in [0.3, 0.4) is 0 Å². The average Bonchev–Trinajstić information content (AvgIpc) is 2.50. The molecule has 1 aliphatic rings. The summed E-state index contributed by atoms with van der Waals surface area (Å²) in [7, 11) is 2.38. The quantitative estimate of drug-likeness (QED) is 0.463. The first-order valence-electron chi connectivity index (χ1n) is 4.21. The van der Waals surface area contributed by atoms with E-state index in [1.807, 2.05) is 0 Å². The van der Waals surface area contributed by atoms with E-state index in [0.717, 1.165) is 12.6 Å². The minimum atomic E-state index is 0.631. The minimum Gasteiger partial charge on any atom is -0.421 e. The first-order chi connectivity index (χ1) is 5.43. The summed E-state index contributed by atoms with van der Waals surface area (Å²) in [5.41, 5.74) is 1.44. The van der Waals surface area contributed by atoms with E-state index >= 15 is 0 Å². The zero-order chi connectivity index (χ0) is 7.94. The van der Waals surface area contributed by atoms with Crippen LogP contribution < -0.4 is 0 Å². The lowest BCUT2D eigenvalue weighted by molar-refractivity contribution is 0.441. The van der Waals surface area contributed by atoms with E-state index < -0.39 is 0 Å². The van der Waals surface area contributed by atoms with Crippen LogP contribution in [0.25, 0.3) is 0 Å². The first-order valence-corrected chi connectivity index (χ1v) is 5.33. The fourth-order valence-electron chi connectivity index (χ4n) is 1.30. The van der Waals surface area contributed by atoms with Gasteiger partial charge < -0.3 is 4.43 Å². The van der Waals surface area contributed by atoms with Gasteiger partial charge in [0.1, 0.15) is 0 Å². The number of hydrogen-bond donors (Lipinski definition) is 0. The summed E-state index contributed by atoms with van der Waals surface area (Å²) in [5, 5.41) is 0. The molecule has 62 valence electrons. The van der Waals surface area contributed by atoms with E-state index in [0.29, 0.717) is 9.76 Å². The molecule has 0 aliphatic heterocycles. The van der Waals surface area contributed by atoms with Crippen molar-refractivity contribution in [2.75, 3.05) is 13.7 Å². The van der Waals surface area contributed by atoms with Crippen LogP contribution in [0.5, 0.6) is 0 Å². The molecule has 11 heavy (non-hydrogen) atoms. The van der Waals surface area contributed by atoms with E-state index in [9.17, 15) is 0 Å². The Balaban J connectivity index is 2.03. The second-order valence-electron chi connectivity index (χ2n) is 2.75. The lowest BCUT2D eigenvalue weighted by Gasteiger charge is -1.95. The van der Waals surface area contributed by atoms with Crippen molar-refractivity contribution in [3.8, 4) is 0 Å². The third-order valence-corrected chi connectivity index (χ3v) is 2.59. The normalized spacial score (nSPS) is 17.4. The third kappa shape index (κ3) is 3.67. The predicted molar refractivity (Wildman–Crippen MR) is 48.3 cm³/mol. The molecule has 1 fully saturated rings. The van der Waals surface area contributed by atoms with Gasteiger partial charge in [-0.25, -0.2) is 0 Å². The minimum absolute atomic E-state index is 0.631. The second kappa shape index (κ2) is 5.49. The van der Waals surface area contributed by atoms with E-state index in [1.165, 1.54) is 31.4 Å². The molecule has 0 atom stereocenters. The summed E-state index contributed by atoms with van der Waals surface area (Å²) in [5.74, 6) is 0. The number of hydrogen-bond acceptors (Lipinski definition) is 2. The molecule has 0 aromatic heterocycles. The molecule has 0 aromatic rings. The van der Waals surface area contributed by atoms with Crippen molar-refractivity contribution in [3.63, 3.8) is 0 Å². The Morgan fingerprint density at radius 3 is 2.82 bits per heavy atom. The van der Waals surface area contributed by atoms with E-state index in [1.54, 1.807) is 7.11 Å². The van der Waals surface area contributed by atoms with Gasteiger partial charge in [-0.05, 0) is 31.7 Å². The molecule has 0 aromatic carbocycles. The Morgan fingerprint density at radius 2 is 2.18 bits per heavy atom. The molecule has 3 heteroatoms. The van der Waals surface area contributed by atoms with Gasteiger partial charge in [-0.3, -0.25) is 4.99 Å². The molecule has 0 unspecified atom stereocenters. The lowest BCUT2D eigenvalue weighted by Crippen LogP contribution is -1.97. The maximum atomic E-state index is 4.97. The molecular formula is C8H15NOSi. The van der Waals surface area contributed by atoms with Crippen LogP contribution >= 0.6 is 0 Å². The summed E-state index contributed by atoms with van der Waals surface area (Å²) in [6.07, 6.45) is 5.20. The third-order valence-electron chi connectivity index (χ3n) is 1.87. The van der Waals surface area contributed by atoms with Crippen molar-refractivity contribution in [1.29, 1.82) is 0 Å². The van der Waals surface area contributed by atoms with Gasteiger partial charge in [-0.2, -0.15) is 0 Å². The molecule has 1 rings (SSSR count). The van der Waals surface area contributed by atoms with E-state index in [2.05, 4.69) is 4.99 Å². The Kier molecular flexibility index (Phi) is 4.46. The molecule has 0 saturated heterocycles. The lowest BCUT2D eigenvalue weighted by atomic mass is 10.3. The van der Waals surface area contributed by atoms with Crippen LogP contribution in [0.1, 0.15) is 25.7 Å². The van der Waals surface area contributed by atoms with Crippen molar-refractivity contribution >= 4 is 15.5 Å². The average molecular weight is 169 g/mol. The Bertz CT molecular complexity index is 128. The van der Waals surface area contributed by atoms with Crippen molar-refractivity contribution in [2.24, 2.45) is 4.99 Å². The van der Waals surface area contributed by atoms with Gasteiger partial charge in [-0.1, -0.05) is 0 Å². The van der Waals surface area contributed by atoms with Gasteiger partial charge in [-0.15, -0.1) is 0 Å². The van der Waals surface area contributed by atoms with Crippen LogP contribution in [0.15, 0.2) is 4.99 Å². The maximum Gasteiger partial charge on any atom is 0.230 e. The molecular weight excluding hydrogens is 154 g/mol. The van der Waals surface area contributed by atoms with Gasteiger partial charge in [0.25, 0.3) is 0 Å². The van der Waals surface area contributed by atoms with Crippen LogP contribution in [0.4, 0.5) is 0 Å². The van der Waals surface area contributed by atoms with Crippen LogP contribution in [-0.2, 0) is 4.43 Å². The Labute approximate surface area is 71.0 Å². The number of aliphatic imine (C=N–C) groups is 1. The van der Waals surface area contributed by atoms with Crippen molar-refractivity contribution < 1.29 is 4.43 Å².